The molecule has 0 aliphatic carbocycles. The van der Waals surface area contributed by atoms with E-state index in [1.54, 1.807) is 0 Å². The maximum atomic E-state index is 5.73. The van der Waals surface area contributed by atoms with Gasteiger partial charge in [0.25, 0.3) is 0 Å². The van der Waals surface area contributed by atoms with Crippen molar-refractivity contribution in [2.45, 2.75) is 58.6 Å². The van der Waals surface area contributed by atoms with Crippen molar-refractivity contribution in [1.82, 2.24) is 5.32 Å². The third-order valence-electron chi connectivity index (χ3n) is 3.29. The summed E-state index contributed by atoms with van der Waals surface area (Å²) in [5, 5.41) is 3.40. The van der Waals surface area contributed by atoms with Crippen LogP contribution in [0.3, 0.4) is 0 Å². The summed E-state index contributed by atoms with van der Waals surface area (Å²) in [7, 11) is 3.86. The van der Waals surface area contributed by atoms with Gasteiger partial charge in [-0.3, -0.25) is 0 Å². The van der Waals surface area contributed by atoms with Crippen LogP contribution in [0.2, 0.25) is 0 Å². The van der Waals surface area contributed by atoms with E-state index in [-0.39, 0.29) is 5.60 Å². The fourth-order valence-electron chi connectivity index (χ4n) is 2.24. The maximum absolute atomic E-state index is 5.73. The van der Waals surface area contributed by atoms with Gasteiger partial charge >= 0.3 is 0 Å². The summed E-state index contributed by atoms with van der Waals surface area (Å²) in [6, 6.07) is 0.461. The normalized spacial score (nSPS) is 14.8. The number of likely N-dealkylation sites (N-methyl/N-ethyl adjacent to an activating group) is 1. The van der Waals surface area contributed by atoms with E-state index in [9.17, 15) is 0 Å². The van der Waals surface area contributed by atoms with Crippen molar-refractivity contribution in [3.8, 4) is 0 Å². The standard InChI is InChI=1S/C12H27NO/c1-7-12(8-2,14-6)11(13-5)9-10(3)4/h10-11,13H,7-9H2,1-6H3. The Balaban J connectivity index is 4.56. The molecule has 0 aromatic rings. The van der Waals surface area contributed by atoms with Crippen LogP contribution in [0.25, 0.3) is 0 Å². The number of nitrogens with one attached hydrogen (secondary N) is 1. The quantitative estimate of drug-likeness (QED) is 0.684. The third-order valence-corrected chi connectivity index (χ3v) is 3.29. The van der Waals surface area contributed by atoms with Crippen LogP contribution in [-0.2, 0) is 4.74 Å². The first kappa shape index (κ1) is 13.9. The van der Waals surface area contributed by atoms with Crippen LogP contribution in [-0.4, -0.2) is 25.8 Å². The molecule has 14 heavy (non-hydrogen) atoms. The van der Waals surface area contributed by atoms with Gasteiger partial charge in [0.05, 0.1) is 5.60 Å². The first-order valence-corrected chi connectivity index (χ1v) is 5.78. The summed E-state index contributed by atoms with van der Waals surface area (Å²) in [4.78, 5) is 0. The molecule has 0 radical (unpaired) electrons. The molecule has 1 unspecified atom stereocenters. The van der Waals surface area contributed by atoms with Gasteiger partial charge in [-0.05, 0) is 32.2 Å². The minimum absolute atomic E-state index is 0.0129. The number of methoxy groups -OCH3 is 1. The van der Waals surface area contributed by atoms with Crippen molar-refractivity contribution in [3.05, 3.63) is 0 Å². The number of hydrogen-bond donors (Lipinski definition) is 1. The van der Waals surface area contributed by atoms with Gasteiger partial charge in [0.15, 0.2) is 0 Å². The molecule has 86 valence electrons. The van der Waals surface area contributed by atoms with E-state index >= 15 is 0 Å². The fourth-order valence-corrected chi connectivity index (χ4v) is 2.24. The molecule has 0 fully saturated rings. The van der Waals surface area contributed by atoms with Crippen LogP contribution < -0.4 is 5.32 Å². The highest BCUT2D eigenvalue weighted by Crippen LogP contribution is 2.27. The number of ether oxygens (including phenoxy) is 1. The van der Waals surface area contributed by atoms with Crippen molar-refractivity contribution in [1.29, 1.82) is 0 Å². The lowest BCUT2D eigenvalue weighted by Crippen LogP contribution is -2.50. The van der Waals surface area contributed by atoms with Gasteiger partial charge in [-0.15, -0.1) is 0 Å². The maximum Gasteiger partial charge on any atom is 0.0825 e. The zero-order chi connectivity index (χ0) is 11.2. The van der Waals surface area contributed by atoms with Crippen molar-refractivity contribution in [2.24, 2.45) is 5.92 Å². The van der Waals surface area contributed by atoms with Crippen LogP contribution in [0.15, 0.2) is 0 Å². The van der Waals surface area contributed by atoms with Crippen molar-refractivity contribution in [2.75, 3.05) is 14.2 Å². The molecule has 0 spiro atoms. The monoisotopic (exact) mass is 201 g/mol. The molecule has 2 heteroatoms. The molecule has 0 aliphatic heterocycles. The number of rotatable bonds is 7. The number of hydrogen-bond acceptors (Lipinski definition) is 2. The molecule has 2 nitrogen and oxygen atoms in total. The average Bonchev–Trinajstić information content (AvgIpc) is 2.19. The molecule has 0 heterocycles. The molecule has 1 atom stereocenters. The minimum atomic E-state index is 0.0129. The first-order chi connectivity index (χ1) is 6.56. The summed E-state index contributed by atoms with van der Waals surface area (Å²) < 4.78 is 5.73. The molecule has 1 N–H and O–H groups in total. The Bertz CT molecular complexity index is 133. The van der Waals surface area contributed by atoms with E-state index in [2.05, 4.69) is 33.0 Å². The molecule has 0 aliphatic rings. The Morgan fingerprint density at radius 1 is 1.21 bits per heavy atom. The lowest BCUT2D eigenvalue weighted by molar-refractivity contribution is -0.0502. The highest BCUT2D eigenvalue weighted by molar-refractivity contribution is 4.91. The molecule has 0 saturated heterocycles. The SMILES string of the molecule is CCC(CC)(OC)C(CC(C)C)NC. The molecular formula is C12H27NO. The summed E-state index contributed by atoms with van der Waals surface area (Å²) >= 11 is 0. The smallest absolute Gasteiger partial charge is 0.0825 e. The molecule has 0 aromatic heterocycles. The van der Waals surface area contributed by atoms with Gasteiger partial charge in [0.1, 0.15) is 0 Å². The van der Waals surface area contributed by atoms with Crippen LogP contribution in [0.5, 0.6) is 0 Å². The fraction of sp³-hybridized carbons (Fsp3) is 1.00. The van der Waals surface area contributed by atoms with Crippen LogP contribution >= 0.6 is 0 Å². The molecule has 0 rings (SSSR count). The van der Waals surface area contributed by atoms with Gasteiger partial charge in [-0.2, -0.15) is 0 Å². The van der Waals surface area contributed by atoms with Crippen LogP contribution in [0.4, 0.5) is 0 Å². The van der Waals surface area contributed by atoms with E-state index in [0.717, 1.165) is 12.8 Å². The van der Waals surface area contributed by atoms with Crippen molar-refractivity contribution in [3.63, 3.8) is 0 Å². The Hall–Kier alpha value is -0.0800. The molecular weight excluding hydrogens is 174 g/mol. The predicted molar refractivity (Wildman–Crippen MR) is 62.6 cm³/mol. The molecule has 0 aromatic carbocycles. The van der Waals surface area contributed by atoms with E-state index in [1.807, 2.05) is 14.2 Å². The first-order valence-electron chi connectivity index (χ1n) is 5.78. The second-order valence-electron chi connectivity index (χ2n) is 4.45. The van der Waals surface area contributed by atoms with E-state index < -0.39 is 0 Å². The van der Waals surface area contributed by atoms with E-state index in [0.29, 0.717) is 12.0 Å². The highest BCUT2D eigenvalue weighted by atomic mass is 16.5. The predicted octanol–water partition coefficient (Wildman–Crippen LogP) is 2.83. The highest BCUT2D eigenvalue weighted by Gasteiger charge is 2.34. The summed E-state index contributed by atoms with van der Waals surface area (Å²) in [5.74, 6) is 0.708. The second kappa shape index (κ2) is 6.41. The average molecular weight is 201 g/mol. The summed E-state index contributed by atoms with van der Waals surface area (Å²) in [5.41, 5.74) is 0.0129. The van der Waals surface area contributed by atoms with Gasteiger partial charge in [-0.25, -0.2) is 0 Å². The lowest BCUT2D eigenvalue weighted by Gasteiger charge is -2.39. The zero-order valence-corrected chi connectivity index (χ0v) is 10.7. The van der Waals surface area contributed by atoms with E-state index in [1.165, 1.54) is 6.42 Å². The Kier molecular flexibility index (Phi) is 6.38. The van der Waals surface area contributed by atoms with Gasteiger partial charge in [0.2, 0.25) is 0 Å². The third kappa shape index (κ3) is 3.25. The molecule has 0 bridgehead atoms. The summed E-state index contributed by atoms with van der Waals surface area (Å²) in [6.45, 7) is 8.93. The lowest BCUT2D eigenvalue weighted by atomic mass is 9.83. The summed E-state index contributed by atoms with van der Waals surface area (Å²) in [6.07, 6.45) is 3.31. The minimum Gasteiger partial charge on any atom is -0.377 e. The van der Waals surface area contributed by atoms with Crippen molar-refractivity contribution < 1.29 is 4.74 Å². The van der Waals surface area contributed by atoms with Crippen molar-refractivity contribution >= 4 is 0 Å². The van der Waals surface area contributed by atoms with Gasteiger partial charge in [0, 0.05) is 13.2 Å². The topological polar surface area (TPSA) is 21.3 Å². The van der Waals surface area contributed by atoms with Gasteiger partial charge < -0.3 is 10.1 Å². The molecule has 0 saturated carbocycles. The van der Waals surface area contributed by atoms with Crippen LogP contribution in [0, 0.1) is 5.92 Å². The van der Waals surface area contributed by atoms with E-state index in [4.69, 9.17) is 4.74 Å². The Morgan fingerprint density at radius 3 is 1.93 bits per heavy atom. The molecule has 0 amide bonds. The van der Waals surface area contributed by atoms with Gasteiger partial charge in [-0.1, -0.05) is 27.7 Å². The largest absolute Gasteiger partial charge is 0.377 e. The van der Waals surface area contributed by atoms with Crippen LogP contribution in [0.1, 0.15) is 47.0 Å². The Labute approximate surface area is 89.4 Å². The second-order valence-corrected chi connectivity index (χ2v) is 4.45. The Morgan fingerprint density at radius 2 is 1.71 bits per heavy atom. The zero-order valence-electron chi connectivity index (χ0n) is 10.7.